The lowest BCUT2D eigenvalue weighted by Gasteiger charge is -2.24. The average Bonchev–Trinajstić information content (AvgIpc) is 2.70. The van der Waals surface area contributed by atoms with E-state index in [9.17, 15) is 18.0 Å². The van der Waals surface area contributed by atoms with Gasteiger partial charge in [-0.1, -0.05) is 6.92 Å². The molecule has 2 atom stereocenters. The highest BCUT2D eigenvalue weighted by Crippen LogP contribution is 2.24. The van der Waals surface area contributed by atoms with Gasteiger partial charge in [0.15, 0.2) is 6.10 Å². The molecule has 102 valence electrons. The minimum atomic E-state index is -4.75. The molecule has 0 bridgehead atoms. The zero-order chi connectivity index (χ0) is 13.9. The lowest BCUT2D eigenvalue weighted by atomic mass is 10.1. The maximum absolute atomic E-state index is 12.3. The fourth-order valence-corrected chi connectivity index (χ4v) is 2.09. The zero-order valence-electron chi connectivity index (χ0n) is 9.78. The third-order valence-electron chi connectivity index (χ3n) is 2.42. The quantitative estimate of drug-likeness (QED) is 0.886. The normalized spacial score (nSPS) is 15.2. The first-order chi connectivity index (χ1) is 8.27. The standard InChI is InChI=1S/C10H13F3N2O2S/c1-3-6(8(16)10(11,12)13)15-9(17)7-5(2)14-4-18-7/h4,6,8,16H,3H2,1-2H3,(H,15,17). The van der Waals surface area contributed by atoms with Gasteiger partial charge < -0.3 is 10.4 Å². The molecule has 0 fully saturated rings. The molecule has 8 heteroatoms. The van der Waals surface area contributed by atoms with Crippen LogP contribution < -0.4 is 5.32 Å². The molecule has 0 aromatic carbocycles. The molecule has 1 aromatic rings. The van der Waals surface area contributed by atoms with E-state index in [4.69, 9.17) is 5.11 Å². The number of carbonyl (C=O) groups excluding carboxylic acids is 1. The van der Waals surface area contributed by atoms with Gasteiger partial charge in [-0.05, 0) is 13.3 Å². The molecule has 1 amide bonds. The molecule has 0 spiro atoms. The van der Waals surface area contributed by atoms with E-state index in [1.54, 1.807) is 6.92 Å². The lowest BCUT2D eigenvalue weighted by molar-refractivity contribution is -0.211. The van der Waals surface area contributed by atoms with Gasteiger partial charge >= 0.3 is 6.18 Å². The summed E-state index contributed by atoms with van der Waals surface area (Å²) in [7, 11) is 0. The molecule has 2 unspecified atom stereocenters. The number of nitrogens with zero attached hydrogens (tertiary/aromatic N) is 1. The van der Waals surface area contributed by atoms with Crippen LogP contribution in [-0.4, -0.2) is 34.3 Å². The third kappa shape index (κ3) is 3.42. The Morgan fingerprint density at radius 2 is 2.22 bits per heavy atom. The van der Waals surface area contributed by atoms with Gasteiger partial charge in [0, 0.05) is 0 Å². The minimum Gasteiger partial charge on any atom is -0.382 e. The summed E-state index contributed by atoms with van der Waals surface area (Å²) in [6.07, 6.45) is -7.35. The maximum Gasteiger partial charge on any atom is 0.416 e. The van der Waals surface area contributed by atoms with Crippen molar-refractivity contribution in [3.8, 4) is 0 Å². The highest BCUT2D eigenvalue weighted by molar-refractivity contribution is 7.11. The van der Waals surface area contributed by atoms with Gasteiger partial charge in [0.1, 0.15) is 4.88 Å². The van der Waals surface area contributed by atoms with Crippen LogP contribution in [0.2, 0.25) is 0 Å². The number of carbonyl (C=O) groups is 1. The summed E-state index contributed by atoms with van der Waals surface area (Å²) < 4.78 is 37.0. The molecule has 18 heavy (non-hydrogen) atoms. The SMILES string of the molecule is CCC(NC(=O)c1scnc1C)C(O)C(F)(F)F. The first-order valence-corrected chi connectivity index (χ1v) is 6.11. The number of thiazole rings is 1. The maximum atomic E-state index is 12.3. The van der Waals surface area contributed by atoms with Crippen LogP contribution in [0.4, 0.5) is 13.2 Å². The summed E-state index contributed by atoms with van der Waals surface area (Å²) in [6, 6.07) is -1.36. The van der Waals surface area contributed by atoms with E-state index < -0.39 is 24.2 Å². The fraction of sp³-hybridized carbons (Fsp3) is 0.600. The number of rotatable bonds is 4. The van der Waals surface area contributed by atoms with Gasteiger partial charge in [0.05, 0.1) is 17.2 Å². The number of halogens is 3. The third-order valence-corrected chi connectivity index (χ3v) is 3.35. The number of aliphatic hydroxyl groups is 1. The number of nitrogens with one attached hydrogen (secondary N) is 1. The highest BCUT2D eigenvalue weighted by Gasteiger charge is 2.43. The van der Waals surface area contributed by atoms with E-state index in [0.717, 1.165) is 11.3 Å². The van der Waals surface area contributed by atoms with Crippen LogP contribution in [0.25, 0.3) is 0 Å². The second kappa shape index (κ2) is 5.66. The van der Waals surface area contributed by atoms with Crippen molar-refractivity contribution in [2.45, 2.75) is 38.6 Å². The number of aromatic nitrogens is 1. The monoisotopic (exact) mass is 282 g/mol. The van der Waals surface area contributed by atoms with Gasteiger partial charge in [-0.25, -0.2) is 4.98 Å². The molecule has 0 radical (unpaired) electrons. The van der Waals surface area contributed by atoms with Gasteiger partial charge in [0.2, 0.25) is 0 Å². The van der Waals surface area contributed by atoms with E-state index >= 15 is 0 Å². The lowest BCUT2D eigenvalue weighted by Crippen LogP contribution is -2.49. The second-order valence-corrected chi connectivity index (χ2v) is 4.60. The molecule has 4 nitrogen and oxygen atoms in total. The fourth-order valence-electron chi connectivity index (χ4n) is 1.39. The highest BCUT2D eigenvalue weighted by atomic mass is 32.1. The minimum absolute atomic E-state index is 0.0235. The van der Waals surface area contributed by atoms with Crippen molar-refractivity contribution in [1.29, 1.82) is 0 Å². The molecular formula is C10H13F3N2O2S. The second-order valence-electron chi connectivity index (χ2n) is 3.74. The summed E-state index contributed by atoms with van der Waals surface area (Å²) in [4.78, 5) is 15.8. The van der Waals surface area contributed by atoms with Crippen LogP contribution in [0, 0.1) is 6.92 Å². The molecule has 1 rings (SSSR count). The van der Waals surface area contributed by atoms with Gasteiger partial charge in [-0.3, -0.25) is 4.79 Å². The van der Waals surface area contributed by atoms with Crippen molar-refractivity contribution in [2.24, 2.45) is 0 Å². The van der Waals surface area contributed by atoms with Crippen molar-refractivity contribution >= 4 is 17.2 Å². The van der Waals surface area contributed by atoms with Crippen molar-refractivity contribution in [3.63, 3.8) is 0 Å². The summed E-state index contributed by atoms with van der Waals surface area (Å²) in [6.45, 7) is 3.05. The first-order valence-electron chi connectivity index (χ1n) is 5.23. The van der Waals surface area contributed by atoms with Crippen molar-refractivity contribution in [1.82, 2.24) is 10.3 Å². The van der Waals surface area contributed by atoms with Crippen molar-refractivity contribution < 1.29 is 23.1 Å². The van der Waals surface area contributed by atoms with E-state index in [1.165, 1.54) is 12.4 Å². The topological polar surface area (TPSA) is 62.2 Å². The van der Waals surface area contributed by atoms with Gasteiger partial charge in [-0.2, -0.15) is 13.2 Å². The zero-order valence-corrected chi connectivity index (χ0v) is 10.6. The molecule has 0 aliphatic carbocycles. The van der Waals surface area contributed by atoms with Crippen LogP contribution in [0.3, 0.4) is 0 Å². The molecular weight excluding hydrogens is 269 g/mol. The summed E-state index contributed by atoms with van der Waals surface area (Å²) in [5.74, 6) is -0.648. The van der Waals surface area contributed by atoms with Crippen LogP contribution >= 0.6 is 11.3 Å². The van der Waals surface area contributed by atoms with E-state index in [0.29, 0.717) is 5.69 Å². The van der Waals surface area contributed by atoms with Crippen LogP contribution in [0.5, 0.6) is 0 Å². The average molecular weight is 282 g/mol. The Bertz CT molecular complexity index is 420. The number of aliphatic hydroxyl groups excluding tert-OH is 1. The Balaban J connectivity index is 2.76. The van der Waals surface area contributed by atoms with Crippen LogP contribution in [0.1, 0.15) is 28.7 Å². The van der Waals surface area contributed by atoms with Gasteiger partial charge in [-0.15, -0.1) is 11.3 Å². The predicted octanol–water partition coefficient (Wildman–Crippen LogP) is 1.88. The van der Waals surface area contributed by atoms with E-state index in [1.807, 2.05) is 0 Å². The Kier molecular flexibility index (Phi) is 4.69. The molecule has 1 aromatic heterocycles. The Hall–Kier alpha value is -1.15. The Labute approximate surface area is 106 Å². The molecule has 0 aliphatic heterocycles. The van der Waals surface area contributed by atoms with Crippen LogP contribution in [0.15, 0.2) is 5.51 Å². The number of hydrogen-bond donors (Lipinski definition) is 2. The molecule has 0 aliphatic rings. The van der Waals surface area contributed by atoms with E-state index in [-0.39, 0.29) is 11.3 Å². The van der Waals surface area contributed by atoms with Crippen molar-refractivity contribution in [2.75, 3.05) is 0 Å². The molecule has 1 heterocycles. The molecule has 0 saturated carbocycles. The summed E-state index contributed by atoms with van der Waals surface area (Å²) in [5, 5.41) is 11.3. The number of hydrogen-bond acceptors (Lipinski definition) is 4. The number of aryl methyl sites for hydroxylation is 1. The van der Waals surface area contributed by atoms with Crippen molar-refractivity contribution in [3.05, 3.63) is 16.1 Å². The largest absolute Gasteiger partial charge is 0.416 e. The van der Waals surface area contributed by atoms with Gasteiger partial charge in [0.25, 0.3) is 5.91 Å². The predicted molar refractivity (Wildman–Crippen MR) is 60.5 cm³/mol. The molecule has 0 saturated heterocycles. The molecule has 2 N–H and O–H groups in total. The first kappa shape index (κ1) is 14.9. The Morgan fingerprint density at radius 3 is 2.61 bits per heavy atom. The Morgan fingerprint density at radius 1 is 1.61 bits per heavy atom. The van der Waals surface area contributed by atoms with Crippen LogP contribution in [-0.2, 0) is 0 Å². The smallest absolute Gasteiger partial charge is 0.382 e. The summed E-state index contributed by atoms with van der Waals surface area (Å²) in [5.41, 5.74) is 1.89. The number of alkyl halides is 3. The number of amides is 1. The summed E-state index contributed by atoms with van der Waals surface area (Å²) >= 11 is 1.04. The van der Waals surface area contributed by atoms with E-state index in [2.05, 4.69) is 10.3 Å².